The fourth-order valence-corrected chi connectivity index (χ4v) is 3.41. The van der Waals surface area contributed by atoms with Crippen molar-refractivity contribution in [2.75, 3.05) is 7.11 Å². The average Bonchev–Trinajstić information content (AvgIpc) is 2.57. The SMILES string of the molecule is COC(=O)Sc1cccc(CS)c1COc1cc(C)c(C)cc1C. The summed E-state index contributed by atoms with van der Waals surface area (Å²) in [7, 11) is 1.38. The quantitative estimate of drug-likeness (QED) is 0.434. The van der Waals surface area contributed by atoms with Gasteiger partial charge in [-0.25, -0.2) is 4.79 Å². The van der Waals surface area contributed by atoms with E-state index in [4.69, 9.17) is 9.47 Å². The van der Waals surface area contributed by atoms with Gasteiger partial charge >= 0.3 is 5.30 Å². The molecule has 0 aliphatic carbocycles. The monoisotopic (exact) mass is 362 g/mol. The van der Waals surface area contributed by atoms with Gasteiger partial charge in [0.1, 0.15) is 12.4 Å². The van der Waals surface area contributed by atoms with Crippen LogP contribution in [0.15, 0.2) is 35.2 Å². The van der Waals surface area contributed by atoms with Crippen LogP contribution >= 0.6 is 24.4 Å². The van der Waals surface area contributed by atoms with Crippen molar-refractivity contribution in [3.63, 3.8) is 0 Å². The lowest BCUT2D eigenvalue weighted by Gasteiger charge is -2.16. The smallest absolute Gasteiger partial charge is 0.371 e. The van der Waals surface area contributed by atoms with Gasteiger partial charge in [-0.1, -0.05) is 18.2 Å². The summed E-state index contributed by atoms with van der Waals surface area (Å²) in [5.41, 5.74) is 5.57. The molecular formula is C19H22O3S2. The summed E-state index contributed by atoms with van der Waals surface area (Å²) in [6, 6.07) is 10.0. The second-order valence-corrected chi connectivity index (χ2v) is 6.89. The topological polar surface area (TPSA) is 35.5 Å². The maximum Gasteiger partial charge on any atom is 0.371 e. The standard InChI is InChI=1S/C19H22O3S2/c1-12-8-14(3)17(9-13(12)2)22-10-16-15(11-23)6-5-7-18(16)24-19(20)21-4/h5-9,23H,10-11H2,1-4H3. The Morgan fingerprint density at radius 2 is 1.83 bits per heavy atom. The van der Waals surface area contributed by atoms with Gasteiger partial charge < -0.3 is 9.47 Å². The molecule has 0 fully saturated rings. The molecule has 0 aromatic heterocycles. The third kappa shape index (κ3) is 4.48. The molecule has 0 saturated heterocycles. The van der Waals surface area contributed by atoms with Gasteiger partial charge in [-0.2, -0.15) is 12.6 Å². The Morgan fingerprint density at radius 3 is 2.50 bits per heavy atom. The van der Waals surface area contributed by atoms with Crippen molar-refractivity contribution in [1.82, 2.24) is 0 Å². The van der Waals surface area contributed by atoms with E-state index in [9.17, 15) is 4.79 Å². The number of benzene rings is 2. The molecule has 128 valence electrons. The highest BCUT2D eigenvalue weighted by Crippen LogP contribution is 2.30. The predicted molar refractivity (Wildman–Crippen MR) is 102 cm³/mol. The molecule has 0 amide bonds. The van der Waals surface area contributed by atoms with Crippen LogP contribution in [0.5, 0.6) is 5.75 Å². The molecule has 0 saturated carbocycles. The lowest BCUT2D eigenvalue weighted by molar-refractivity contribution is 0.200. The molecule has 24 heavy (non-hydrogen) atoms. The van der Waals surface area contributed by atoms with E-state index in [0.29, 0.717) is 12.4 Å². The number of hydrogen-bond donors (Lipinski definition) is 1. The van der Waals surface area contributed by atoms with Crippen molar-refractivity contribution in [1.29, 1.82) is 0 Å². The second kappa shape index (κ2) is 8.49. The first-order chi connectivity index (χ1) is 11.5. The Kier molecular flexibility index (Phi) is 6.63. The number of aryl methyl sites for hydroxylation is 3. The zero-order valence-corrected chi connectivity index (χ0v) is 16.1. The summed E-state index contributed by atoms with van der Waals surface area (Å²) in [5, 5.41) is -0.338. The summed E-state index contributed by atoms with van der Waals surface area (Å²) in [6.45, 7) is 6.59. The molecule has 0 N–H and O–H groups in total. The molecule has 2 aromatic carbocycles. The van der Waals surface area contributed by atoms with Crippen LogP contribution in [0.25, 0.3) is 0 Å². The number of rotatable bonds is 5. The molecule has 0 aliphatic rings. The van der Waals surface area contributed by atoms with Crippen LogP contribution in [-0.4, -0.2) is 12.4 Å². The summed E-state index contributed by atoms with van der Waals surface area (Å²) < 4.78 is 10.8. The highest BCUT2D eigenvalue weighted by Gasteiger charge is 2.14. The Hall–Kier alpha value is -1.59. The molecular weight excluding hydrogens is 340 g/mol. The third-order valence-electron chi connectivity index (χ3n) is 3.92. The zero-order chi connectivity index (χ0) is 17.7. The summed E-state index contributed by atoms with van der Waals surface area (Å²) in [4.78, 5) is 12.5. The first-order valence-corrected chi connectivity index (χ1v) is 9.09. The van der Waals surface area contributed by atoms with Crippen molar-refractivity contribution in [3.05, 3.63) is 58.1 Å². The highest BCUT2D eigenvalue weighted by atomic mass is 32.2. The average molecular weight is 363 g/mol. The molecule has 0 spiro atoms. The van der Waals surface area contributed by atoms with Gasteiger partial charge in [-0.15, -0.1) is 0 Å². The minimum atomic E-state index is -0.338. The Labute approximate surface area is 153 Å². The fourth-order valence-electron chi connectivity index (χ4n) is 2.39. The molecule has 3 nitrogen and oxygen atoms in total. The first kappa shape index (κ1) is 18.7. The van der Waals surface area contributed by atoms with Crippen LogP contribution in [0.2, 0.25) is 0 Å². The molecule has 5 heteroatoms. The molecule has 0 heterocycles. The minimum Gasteiger partial charge on any atom is -0.489 e. The van der Waals surface area contributed by atoms with Crippen LogP contribution in [0.1, 0.15) is 27.8 Å². The van der Waals surface area contributed by atoms with Crippen molar-refractivity contribution in [3.8, 4) is 5.75 Å². The third-order valence-corrected chi connectivity index (χ3v) is 5.20. The lowest BCUT2D eigenvalue weighted by atomic mass is 10.1. The lowest BCUT2D eigenvalue weighted by Crippen LogP contribution is -2.04. The molecule has 2 rings (SSSR count). The number of carbonyl (C=O) groups excluding carboxylic acids is 1. The number of hydrogen-bond acceptors (Lipinski definition) is 5. The molecule has 0 radical (unpaired) electrons. The van der Waals surface area contributed by atoms with Crippen LogP contribution in [0.4, 0.5) is 4.79 Å². The van der Waals surface area contributed by atoms with Crippen molar-refractivity contribution < 1.29 is 14.3 Å². The van der Waals surface area contributed by atoms with Crippen LogP contribution in [-0.2, 0) is 17.1 Å². The fraction of sp³-hybridized carbons (Fsp3) is 0.316. The largest absolute Gasteiger partial charge is 0.489 e. The summed E-state index contributed by atoms with van der Waals surface area (Å²) in [6.07, 6.45) is 0. The first-order valence-electron chi connectivity index (χ1n) is 7.64. The highest BCUT2D eigenvalue weighted by molar-refractivity contribution is 8.13. The van der Waals surface area contributed by atoms with Gasteiger partial charge in [-0.3, -0.25) is 0 Å². The minimum absolute atomic E-state index is 0.338. The van der Waals surface area contributed by atoms with Gasteiger partial charge in [0.2, 0.25) is 0 Å². The van der Waals surface area contributed by atoms with Crippen LogP contribution < -0.4 is 4.74 Å². The van der Waals surface area contributed by atoms with Crippen LogP contribution in [0.3, 0.4) is 0 Å². The Bertz CT molecular complexity index is 742. The number of methoxy groups -OCH3 is 1. The van der Waals surface area contributed by atoms with E-state index in [1.54, 1.807) is 0 Å². The van der Waals surface area contributed by atoms with Gasteiger partial charge in [0, 0.05) is 16.2 Å². The van der Waals surface area contributed by atoms with Crippen LogP contribution in [0, 0.1) is 20.8 Å². The predicted octanol–water partition coefficient (Wildman–Crippen LogP) is 5.48. The Balaban J connectivity index is 2.28. The number of ether oxygens (including phenoxy) is 2. The number of thioether (sulfide) groups is 1. The molecule has 0 aliphatic heterocycles. The molecule has 2 aromatic rings. The van der Waals surface area contributed by atoms with E-state index in [2.05, 4.69) is 38.6 Å². The van der Waals surface area contributed by atoms with Gasteiger partial charge in [0.05, 0.1) is 7.11 Å². The van der Waals surface area contributed by atoms with Crippen molar-refractivity contribution in [2.24, 2.45) is 0 Å². The van der Waals surface area contributed by atoms with E-state index in [1.165, 1.54) is 18.2 Å². The molecule has 0 unspecified atom stereocenters. The van der Waals surface area contributed by atoms with Crippen molar-refractivity contribution in [2.45, 2.75) is 38.0 Å². The normalized spacial score (nSPS) is 10.5. The van der Waals surface area contributed by atoms with E-state index in [0.717, 1.165) is 39.1 Å². The van der Waals surface area contributed by atoms with E-state index in [1.807, 2.05) is 25.1 Å². The van der Waals surface area contributed by atoms with E-state index >= 15 is 0 Å². The maximum absolute atomic E-state index is 11.6. The zero-order valence-electron chi connectivity index (χ0n) is 14.4. The van der Waals surface area contributed by atoms with Gasteiger partial charge in [0.15, 0.2) is 0 Å². The summed E-state index contributed by atoms with van der Waals surface area (Å²) >= 11 is 5.46. The Morgan fingerprint density at radius 1 is 1.12 bits per heavy atom. The second-order valence-electron chi connectivity index (χ2n) is 5.60. The maximum atomic E-state index is 11.6. The molecule has 0 atom stereocenters. The van der Waals surface area contributed by atoms with Gasteiger partial charge in [-0.05, 0) is 66.9 Å². The van der Waals surface area contributed by atoms with E-state index in [-0.39, 0.29) is 5.30 Å². The van der Waals surface area contributed by atoms with Gasteiger partial charge in [0.25, 0.3) is 0 Å². The van der Waals surface area contributed by atoms with E-state index < -0.39 is 0 Å². The van der Waals surface area contributed by atoms with Crippen molar-refractivity contribution >= 4 is 29.7 Å². The molecule has 0 bridgehead atoms. The summed E-state index contributed by atoms with van der Waals surface area (Å²) in [5.74, 6) is 1.45. The number of carbonyl (C=O) groups is 1. The number of thiol groups is 1.